The maximum Gasteiger partial charge on any atom is 0.232 e. The number of nitrogens with one attached hydrogen (secondary N) is 1. The fourth-order valence-corrected chi connectivity index (χ4v) is 2.26. The largest absolute Gasteiger partial charge is 0.472 e. The first-order valence-corrected chi connectivity index (χ1v) is 6.22. The Hall–Kier alpha value is -0.460. The van der Waals surface area contributed by atoms with Gasteiger partial charge in [0.1, 0.15) is 5.76 Å². The van der Waals surface area contributed by atoms with Crippen molar-refractivity contribution in [2.24, 2.45) is 0 Å². The summed E-state index contributed by atoms with van der Waals surface area (Å²) in [5, 5.41) is 3.25. The van der Waals surface area contributed by atoms with Gasteiger partial charge in [-0.25, -0.2) is 0 Å². The van der Waals surface area contributed by atoms with Crippen molar-refractivity contribution in [3.63, 3.8) is 0 Å². The fraction of sp³-hybridized carbons (Fsp3) is 0.667. The van der Waals surface area contributed by atoms with Gasteiger partial charge in [-0.05, 0) is 6.92 Å². The van der Waals surface area contributed by atoms with Crippen LogP contribution in [0.4, 0.5) is 0 Å². The molecule has 14 heavy (non-hydrogen) atoms. The van der Waals surface area contributed by atoms with Crippen LogP contribution in [0.15, 0.2) is 11.5 Å². The predicted molar refractivity (Wildman–Crippen MR) is 60.8 cm³/mol. The molecule has 0 fully saturated rings. The van der Waals surface area contributed by atoms with Crippen LogP contribution in [0.25, 0.3) is 0 Å². The Kier molecular flexibility index (Phi) is 2.85. The second-order valence-corrected chi connectivity index (χ2v) is 4.27. The minimum Gasteiger partial charge on any atom is -0.472 e. The quantitative estimate of drug-likeness (QED) is 0.576. The van der Waals surface area contributed by atoms with E-state index in [4.69, 9.17) is 4.74 Å². The van der Waals surface area contributed by atoms with Gasteiger partial charge in [0.25, 0.3) is 0 Å². The molecule has 0 spiro atoms. The zero-order chi connectivity index (χ0) is 10.1. The summed E-state index contributed by atoms with van der Waals surface area (Å²) in [6.07, 6.45) is 0.955. The number of halogens is 1. The lowest BCUT2D eigenvalue weighted by Crippen LogP contribution is -2.38. The monoisotopic (exact) mass is 308 g/mol. The van der Waals surface area contributed by atoms with Crippen LogP contribution >= 0.6 is 22.6 Å². The minimum atomic E-state index is 0.0645. The van der Waals surface area contributed by atoms with Crippen molar-refractivity contribution in [3.05, 3.63) is 11.5 Å². The molecule has 0 aromatic heterocycles. The van der Waals surface area contributed by atoms with Gasteiger partial charge in [0.2, 0.25) is 5.91 Å². The van der Waals surface area contributed by atoms with E-state index in [0.717, 1.165) is 18.7 Å². The van der Waals surface area contributed by atoms with Crippen molar-refractivity contribution in [2.45, 2.75) is 19.6 Å². The number of carbonyl (C=O) groups is 1. The Morgan fingerprint density at radius 2 is 2.57 bits per heavy atom. The van der Waals surface area contributed by atoms with Crippen molar-refractivity contribution >= 4 is 28.5 Å². The molecule has 0 bridgehead atoms. The Morgan fingerprint density at radius 3 is 3.29 bits per heavy atom. The standard InChI is InChI=1S/C9H13IN2O2/c1-6-11-7-2-3-12(9(13)4-10)5-8(7)14-6/h6,11H,2-5H2,1H3. The van der Waals surface area contributed by atoms with Crippen LogP contribution < -0.4 is 5.32 Å². The molecule has 4 nitrogen and oxygen atoms in total. The smallest absolute Gasteiger partial charge is 0.232 e. The van der Waals surface area contributed by atoms with Gasteiger partial charge in [0.05, 0.1) is 16.7 Å². The van der Waals surface area contributed by atoms with Crippen LogP contribution in [0.2, 0.25) is 0 Å². The van der Waals surface area contributed by atoms with E-state index in [0.29, 0.717) is 11.0 Å². The summed E-state index contributed by atoms with van der Waals surface area (Å²) in [6, 6.07) is 0. The van der Waals surface area contributed by atoms with Gasteiger partial charge in [-0.2, -0.15) is 0 Å². The third-order valence-electron chi connectivity index (χ3n) is 2.47. The van der Waals surface area contributed by atoms with Crippen LogP contribution in [0.3, 0.4) is 0 Å². The van der Waals surface area contributed by atoms with E-state index < -0.39 is 0 Å². The van der Waals surface area contributed by atoms with Gasteiger partial charge in [0.15, 0.2) is 6.23 Å². The highest BCUT2D eigenvalue weighted by Crippen LogP contribution is 2.23. The Bertz CT molecular complexity index is 291. The molecule has 5 heteroatoms. The zero-order valence-corrected chi connectivity index (χ0v) is 10.2. The lowest BCUT2D eigenvalue weighted by atomic mass is 10.2. The van der Waals surface area contributed by atoms with E-state index in [1.807, 2.05) is 11.8 Å². The molecule has 0 saturated heterocycles. The van der Waals surface area contributed by atoms with Gasteiger partial charge in [0, 0.05) is 13.0 Å². The summed E-state index contributed by atoms with van der Waals surface area (Å²) >= 11 is 2.10. The lowest BCUT2D eigenvalue weighted by Gasteiger charge is -2.26. The number of nitrogens with zero attached hydrogens (tertiary/aromatic N) is 1. The molecule has 0 radical (unpaired) electrons. The highest BCUT2D eigenvalue weighted by atomic mass is 127. The predicted octanol–water partition coefficient (Wildman–Crippen LogP) is 0.831. The summed E-state index contributed by atoms with van der Waals surface area (Å²) in [5.74, 6) is 1.14. The van der Waals surface area contributed by atoms with Crippen molar-refractivity contribution < 1.29 is 9.53 Å². The first-order valence-electron chi connectivity index (χ1n) is 4.69. The first-order chi connectivity index (χ1) is 6.70. The van der Waals surface area contributed by atoms with Crippen molar-refractivity contribution in [2.75, 3.05) is 17.5 Å². The lowest BCUT2D eigenvalue weighted by molar-refractivity contribution is -0.128. The average Bonchev–Trinajstić information content (AvgIpc) is 2.55. The number of alkyl halides is 1. The van der Waals surface area contributed by atoms with E-state index in [1.165, 1.54) is 5.70 Å². The normalized spacial score (nSPS) is 25.6. The molecular weight excluding hydrogens is 295 g/mol. The van der Waals surface area contributed by atoms with Crippen LogP contribution in [0.1, 0.15) is 13.3 Å². The highest BCUT2D eigenvalue weighted by molar-refractivity contribution is 14.1. The van der Waals surface area contributed by atoms with E-state index >= 15 is 0 Å². The van der Waals surface area contributed by atoms with Crippen molar-refractivity contribution in [1.82, 2.24) is 10.2 Å². The van der Waals surface area contributed by atoms with Crippen LogP contribution in [0, 0.1) is 0 Å². The van der Waals surface area contributed by atoms with Gasteiger partial charge >= 0.3 is 0 Å². The third kappa shape index (κ3) is 1.82. The molecule has 1 amide bonds. The molecule has 2 heterocycles. The maximum atomic E-state index is 11.5. The fourth-order valence-electron chi connectivity index (χ4n) is 1.78. The van der Waals surface area contributed by atoms with Crippen LogP contribution in [0.5, 0.6) is 0 Å². The molecule has 2 rings (SSSR count). The number of carbonyl (C=O) groups excluding carboxylic acids is 1. The molecule has 0 aromatic rings. The molecule has 2 aliphatic heterocycles. The van der Waals surface area contributed by atoms with Gasteiger partial charge in [-0.1, -0.05) is 22.6 Å². The zero-order valence-electron chi connectivity index (χ0n) is 8.05. The minimum absolute atomic E-state index is 0.0645. The Labute approximate surface area is 96.8 Å². The number of hydrogen-bond donors (Lipinski definition) is 1. The van der Waals surface area contributed by atoms with Crippen LogP contribution in [-0.2, 0) is 9.53 Å². The van der Waals surface area contributed by atoms with Crippen molar-refractivity contribution in [1.29, 1.82) is 0 Å². The molecular formula is C9H13IN2O2. The van der Waals surface area contributed by atoms with Gasteiger partial charge in [-0.3, -0.25) is 4.79 Å². The summed E-state index contributed by atoms with van der Waals surface area (Å²) in [5.41, 5.74) is 1.18. The Morgan fingerprint density at radius 1 is 1.79 bits per heavy atom. The molecule has 0 aliphatic carbocycles. The Balaban J connectivity index is 2.03. The molecule has 1 unspecified atom stereocenters. The third-order valence-corrected chi connectivity index (χ3v) is 3.12. The van der Waals surface area contributed by atoms with Crippen molar-refractivity contribution in [3.8, 4) is 0 Å². The highest BCUT2D eigenvalue weighted by Gasteiger charge is 2.28. The second-order valence-electron chi connectivity index (χ2n) is 3.51. The summed E-state index contributed by atoms with van der Waals surface area (Å²) in [7, 11) is 0. The van der Waals surface area contributed by atoms with Gasteiger partial charge in [-0.15, -0.1) is 0 Å². The summed E-state index contributed by atoms with van der Waals surface area (Å²) in [4.78, 5) is 13.3. The van der Waals surface area contributed by atoms with E-state index in [1.54, 1.807) is 0 Å². The first kappa shape index (κ1) is 10.1. The summed E-state index contributed by atoms with van der Waals surface area (Å²) in [6.45, 7) is 3.42. The molecule has 1 atom stereocenters. The number of rotatable bonds is 1. The second kappa shape index (κ2) is 3.96. The van der Waals surface area contributed by atoms with Gasteiger partial charge < -0.3 is 15.0 Å². The maximum absolute atomic E-state index is 11.5. The number of ether oxygens (including phenoxy) is 1. The molecule has 1 N–H and O–H groups in total. The number of amides is 1. The number of hydrogen-bond acceptors (Lipinski definition) is 3. The SMILES string of the molecule is CC1NC2=C(CN(C(=O)CI)CC2)O1. The van der Waals surface area contributed by atoms with E-state index in [-0.39, 0.29) is 12.1 Å². The van der Waals surface area contributed by atoms with E-state index in [2.05, 4.69) is 27.9 Å². The molecule has 78 valence electrons. The topological polar surface area (TPSA) is 41.6 Å². The van der Waals surface area contributed by atoms with Crippen LogP contribution in [-0.4, -0.2) is 34.6 Å². The summed E-state index contributed by atoms with van der Waals surface area (Å²) < 4.78 is 6.11. The van der Waals surface area contributed by atoms with E-state index in [9.17, 15) is 4.79 Å². The average molecular weight is 308 g/mol. The molecule has 0 aromatic carbocycles. The molecule has 0 saturated carbocycles. The molecule has 2 aliphatic rings.